The summed E-state index contributed by atoms with van der Waals surface area (Å²) < 4.78 is 0. The molecular formula is C15H29N3. The number of nitrogens with one attached hydrogen (secondary N) is 1. The van der Waals surface area contributed by atoms with Crippen LogP contribution in [0.25, 0.3) is 0 Å². The molecule has 2 unspecified atom stereocenters. The van der Waals surface area contributed by atoms with Crippen molar-refractivity contribution in [1.29, 1.82) is 5.26 Å². The van der Waals surface area contributed by atoms with Gasteiger partial charge in [-0.2, -0.15) is 5.26 Å². The third-order valence-electron chi connectivity index (χ3n) is 4.00. The predicted molar refractivity (Wildman–Crippen MR) is 76.3 cm³/mol. The van der Waals surface area contributed by atoms with Gasteiger partial charge in [0.1, 0.15) is 5.54 Å². The second-order valence-corrected chi connectivity index (χ2v) is 5.99. The van der Waals surface area contributed by atoms with Crippen LogP contribution in [0.15, 0.2) is 0 Å². The lowest BCUT2D eigenvalue weighted by molar-refractivity contribution is 0.205. The van der Waals surface area contributed by atoms with E-state index in [9.17, 15) is 5.26 Å². The van der Waals surface area contributed by atoms with Crippen LogP contribution >= 0.6 is 0 Å². The molecular weight excluding hydrogens is 222 g/mol. The van der Waals surface area contributed by atoms with Crippen LogP contribution in [0, 0.1) is 23.2 Å². The fraction of sp³-hybridized carbons (Fsp3) is 0.933. The largest absolute Gasteiger partial charge is 0.303 e. The monoisotopic (exact) mass is 251 g/mol. The summed E-state index contributed by atoms with van der Waals surface area (Å²) in [5, 5.41) is 13.1. The van der Waals surface area contributed by atoms with E-state index in [1.165, 1.54) is 19.3 Å². The zero-order valence-electron chi connectivity index (χ0n) is 12.5. The molecule has 0 radical (unpaired) electrons. The molecule has 1 aliphatic rings. The molecule has 3 nitrogen and oxygen atoms in total. The number of nitriles is 1. The van der Waals surface area contributed by atoms with Crippen molar-refractivity contribution in [2.24, 2.45) is 11.8 Å². The Labute approximate surface area is 113 Å². The van der Waals surface area contributed by atoms with E-state index in [4.69, 9.17) is 0 Å². The van der Waals surface area contributed by atoms with Gasteiger partial charge in [-0.25, -0.2) is 0 Å². The van der Waals surface area contributed by atoms with E-state index in [-0.39, 0.29) is 5.54 Å². The highest BCUT2D eigenvalue weighted by Gasteiger charge is 2.45. The van der Waals surface area contributed by atoms with Crippen LogP contribution in [0.3, 0.4) is 0 Å². The average Bonchev–Trinajstić information content (AvgIpc) is 3.18. The highest BCUT2D eigenvalue weighted by Crippen LogP contribution is 2.40. The molecule has 1 saturated carbocycles. The van der Waals surface area contributed by atoms with Crippen molar-refractivity contribution in [3.8, 4) is 6.07 Å². The summed E-state index contributed by atoms with van der Waals surface area (Å²) in [6, 6.07) is 2.58. The predicted octanol–water partition coefficient (Wildman–Crippen LogP) is 2.64. The maximum atomic E-state index is 9.61. The van der Waals surface area contributed by atoms with Crippen molar-refractivity contribution >= 4 is 0 Å². The molecule has 0 aromatic carbocycles. The quantitative estimate of drug-likeness (QED) is 0.685. The van der Waals surface area contributed by atoms with E-state index in [0.29, 0.717) is 11.8 Å². The van der Waals surface area contributed by atoms with Gasteiger partial charge in [0.15, 0.2) is 0 Å². The molecule has 0 spiro atoms. The number of likely N-dealkylation sites (N-methyl/N-ethyl adjacent to an activating group) is 1. The lowest BCUT2D eigenvalue weighted by Crippen LogP contribution is -2.54. The van der Waals surface area contributed by atoms with Crippen molar-refractivity contribution in [2.45, 2.75) is 52.0 Å². The fourth-order valence-electron chi connectivity index (χ4n) is 2.57. The molecule has 0 aromatic rings. The van der Waals surface area contributed by atoms with Crippen LogP contribution in [0.5, 0.6) is 0 Å². The van der Waals surface area contributed by atoms with Gasteiger partial charge in [0.25, 0.3) is 0 Å². The summed E-state index contributed by atoms with van der Waals surface area (Å²) in [6.45, 7) is 9.55. The molecule has 1 N–H and O–H groups in total. The van der Waals surface area contributed by atoms with Crippen LogP contribution in [0.2, 0.25) is 0 Å². The summed E-state index contributed by atoms with van der Waals surface area (Å²) in [7, 11) is 2.15. The molecule has 3 heteroatoms. The smallest absolute Gasteiger partial charge is 0.122 e. The van der Waals surface area contributed by atoms with E-state index in [2.05, 4.69) is 44.1 Å². The zero-order valence-corrected chi connectivity index (χ0v) is 12.5. The van der Waals surface area contributed by atoms with Gasteiger partial charge in [-0.3, -0.25) is 5.32 Å². The number of hydrogen-bond acceptors (Lipinski definition) is 3. The van der Waals surface area contributed by atoms with E-state index in [0.717, 1.165) is 26.1 Å². The first-order valence-electron chi connectivity index (χ1n) is 7.42. The highest BCUT2D eigenvalue weighted by molar-refractivity contribution is 5.16. The summed E-state index contributed by atoms with van der Waals surface area (Å²) in [5.74, 6) is 1.27. The minimum absolute atomic E-state index is 0.307. The lowest BCUT2D eigenvalue weighted by atomic mass is 9.93. The van der Waals surface area contributed by atoms with Gasteiger partial charge < -0.3 is 4.90 Å². The van der Waals surface area contributed by atoms with Crippen molar-refractivity contribution in [2.75, 3.05) is 26.7 Å². The topological polar surface area (TPSA) is 39.1 Å². The minimum atomic E-state index is -0.307. The second-order valence-electron chi connectivity index (χ2n) is 5.99. The lowest BCUT2D eigenvalue weighted by Gasteiger charge is -2.33. The van der Waals surface area contributed by atoms with Gasteiger partial charge in [-0.1, -0.05) is 27.2 Å². The van der Waals surface area contributed by atoms with Crippen molar-refractivity contribution in [1.82, 2.24) is 10.2 Å². The van der Waals surface area contributed by atoms with Crippen molar-refractivity contribution in [3.05, 3.63) is 0 Å². The van der Waals surface area contributed by atoms with E-state index >= 15 is 0 Å². The van der Waals surface area contributed by atoms with Crippen molar-refractivity contribution < 1.29 is 0 Å². The van der Waals surface area contributed by atoms with E-state index < -0.39 is 0 Å². The third kappa shape index (κ3) is 4.26. The van der Waals surface area contributed by atoms with Gasteiger partial charge in [0, 0.05) is 13.1 Å². The molecule has 0 amide bonds. The standard InChI is InChI=1S/C15H29N3/c1-5-9-17-15(11-16,14-7-8-14)12-18(4)10-13(3)6-2/h13-14,17H,5-10,12H2,1-4H3. The van der Waals surface area contributed by atoms with E-state index in [1.807, 2.05) is 0 Å². The first-order valence-corrected chi connectivity index (χ1v) is 7.42. The Morgan fingerprint density at radius 3 is 2.56 bits per heavy atom. The maximum absolute atomic E-state index is 9.61. The molecule has 0 heterocycles. The van der Waals surface area contributed by atoms with Crippen LogP contribution in [-0.4, -0.2) is 37.1 Å². The molecule has 0 aliphatic heterocycles. The maximum Gasteiger partial charge on any atom is 0.122 e. The Morgan fingerprint density at radius 1 is 1.44 bits per heavy atom. The molecule has 0 bridgehead atoms. The number of rotatable bonds is 9. The molecule has 104 valence electrons. The molecule has 1 aliphatic carbocycles. The molecule has 1 rings (SSSR count). The Balaban J connectivity index is 2.57. The molecule has 1 fully saturated rings. The van der Waals surface area contributed by atoms with Crippen LogP contribution in [0.1, 0.15) is 46.5 Å². The molecule has 18 heavy (non-hydrogen) atoms. The van der Waals surface area contributed by atoms with Gasteiger partial charge in [-0.15, -0.1) is 0 Å². The summed E-state index contributed by atoms with van der Waals surface area (Å²) in [5.41, 5.74) is -0.307. The second kappa shape index (κ2) is 7.11. The highest BCUT2D eigenvalue weighted by atomic mass is 15.2. The fourth-order valence-corrected chi connectivity index (χ4v) is 2.57. The summed E-state index contributed by atoms with van der Waals surface area (Å²) in [4.78, 5) is 2.33. The Bertz CT molecular complexity index is 280. The Kier molecular flexibility index (Phi) is 6.11. The molecule has 0 saturated heterocycles. The van der Waals surface area contributed by atoms with Gasteiger partial charge in [-0.05, 0) is 44.7 Å². The van der Waals surface area contributed by atoms with Gasteiger partial charge in [0.2, 0.25) is 0 Å². The Morgan fingerprint density at radius 2 is 2.11 bits per heavy atom. The van der Waals surface area contributed by atoms with Crippen LogP contribution in [-0.2, 0) is 0 Å². The van der Waals surface area contributed by atoms with Crippen LogP contribution < -0.4 is 5.32 Å². The van der Waals surface area contributed by atoms with Gasteiger partial charge >= 0.3 is 0 Å². The zero-order chi connectivity index (χ0) is 13.6. The first kappa shape index (κ1) is 15.5. The number of nitrogens with zero attached hydrogens (tertiary/aromatic N) is 2. The Hall–Kier alpha value is -0.590. The molecule has 2 atom stereocenters. The number of hydrogen-bond donors (Lipinski definition) is 1. The minimum Gasteiger partial charge on any atom is -0.303 e. The molecule has 0 aromatic heterocycles. The SMILES string of the molecule is CCCNC(C#N)(CN(C)CC(C)CC)C1CC1. The van der Waals surface area contributed by atoms with Crippen molar-refractivity contribution in [3.63, 3.8) is 0 Å². The van der Waals surface area contributed by atoms with Crippen LogP contribution in [0.4, 0.5) is 0 Å². The summed E-state index contributed by atoms with van der Waals surface area (Å²) in [6.07, 6.45) is 4.71. The first-order chi connectivity index (χ1) is 8.57. The normalized spacial score (nSPS) is 20.4. The average molecular weight is 251 g/mol. The third-order valence-corrected chi connectivity index (χ3v) is 4.00. The van der Waals surface area contributed by atoms with Gasteiger partial charge in [0.05, 0.1) is 6.07 Å². The van der Waals surface area contributed by atoms with E-state index in [1.54, 1.807) is 0 Å². The summed E-state index contributed by atoms with van der Waals surface area (Å²) >= 11 is 0.